The molecule has 3 rings (SSSR count). The van der Waals surface area contributed by atoms with Gasteiger partial charge in [-0.1, -0.05) is 11.6 Å². The summed E-state index contributed by atoms with van der Waals surface area (Å²) in [5.41, 5.74) is 6.50. The van der Waals surface area contributed by atoms with E-state index < -0.39 is 0 Å². The summed E-state index contributed by atoms with van der Waals surface area (Å²) >= 11 is 6.02. The summed E-state index contributed by atoms with van der Waals surface area (Å²) in [6.45, 7) is 2.34. The lowest BCUT2D eigenvalue weighted by molar-refractivity contribution is -0.0936. The van der Waals surface area contributed by atoms with Crippen molar-refractivity contribution in [1.82, 2.24) is 10.2 Å². The highest BCUT2D eigenvalue weighted by atomic mass is 35.5. The van der Waals surface area contributed by atoms with Crippen LogP contribution in [0.4, 0.5) is 5.69 Å². The van der Waals surface area contributed by atoms with Crippen molar-refractivity contribution in [3.63, 3.8) is 0 Å². The monoisotopic (exact) mass is 325 g/mol. The minimum Gasteiger partial charge on any atom is -0.496 e. The molecule has 0 spiro atoms. The standard InChI is InChI=1S/C15H20ClN3O3/c1-21-13-6-12(17)11(16)5-10(13)15(20)18-14-8-22-9-3-2-4-19(14)7-9/h5-6,9,14H,2-4,7-8,17H2,1H3,(H,18,20). The molecule has 1 aromatic carbocycles. The van der Waals surface area contributed by atoms with Crippen LogP contribution in [0.25, 0.3) is 0 Å². The van der Waals surface area contributed by atoms with Crippen LogP contribution in [0, 0.1) is 0 Å². The van der Waals surface area contributed by atoms with E-state index in [0.29, 0.717) is 34.7 Å². The quantitative estimate of drug-likeness (QED) is 0.823. The van der Waals surface area contributed by atoms with E-state index in [0.717, 1.165) is 25.9 Å². The number of anilines is 1. The Morgan fingerprint density at radius 3 is 3.14 bits per heavy atom. The van der Waals surface area contributed by atoms with Crippen LogP contribution >= 0.6 is 11.6 Å². The molecular weight excluding hydrogens is 306 g/mol. The van der Waals surface area contributed by atoms with E-state index in [4.69, 9.17) is 26.8 Å². The van der Waals surface area contributed by atoms with Crippen LogP contribution in [0.2, 0.25) is 5.02 Å². The lowest BCUT2D eigenvalue weighted by Gasteiger charge is -2.43. The number of rotatable bonds is 3. The molecule has 0 radical (unpaired) electrons. The number of nitrogens with one attached hydrogen (secondary N) is 1. The fourth-order valence-corrected chi connectivity index (χ4v) is 3.16. The van der Waals surface area contributed by atoms with Crippen molar-refractivity contribution in [2.24, 2.45) is 0 Å². The van der Waals surface area contributed by atoms with E-state index in [1.54, 1.807) is 6.07 Å². The minimum absolute atomic E-state index is 0.120. The number of fused-ring (bicyclic) bond motifs is 2. The number of hydrogen-bond acceptors (Lipinski definition) is 5. The van der Waals surface area contributed by atoms with Gasteiger partial charge >= 0.3 is 0 Å². The van der Waals surface area contributed by atoms with Crippen molar-refractivity contribution >= 4 is 23.2 Å². The third-order valence-electron chi connectivity index (χ3n) is 4.20. The van der Waals surface area contributed by atoms with E-state index in [9.17, 15) is 4.79 Å². The molecule has 1 amide bonds. The molecule has 0 saturated carbocycles. The van der Waals surface area contributed by atoms with E-state index in [2.05, 4.69) is 10.2 Å². The van der Waals surface area contributed by atoms with Crippen LogP contribution in [0.5, 0.6) is 5.75 Å². The fraction of sp³-hybridized carbons (Fsp3) is 0.533. The fourth-order valence-electron chi connectivity index (χ4n) is 3.00. The first-order chi connectivity index (χ1) is 10.6. The summed E-state index contributed by atoms with van der Waals surface area (Å²) in [5.74, 6) is 0.170. The van der Waals surface area contributed by atoms with Crippen LogP contribution in [-0.2, 0) is 4.74 Å². The second-order valence-corrected chi connectivity index (χ2v) is 6.06. The number of ether oxygens (including phenoxy) is 2. The van der Waals surface area contributed by atoms with Crippen LogP contribution < -0.4 is 15.8 Å². The Kier molecular flexibility index (Phi) is 4.42. The number of nitrogens with two attached hydrogens (primary N) is 1. The number of piperidine rings is 1. The number of hydrogen-bond donors (Lipinski definition) is 2. The maximum absolute atomic E-state index is 12.5. The summed E-state index contributed by atoms with van der Waals surface area (Å²) < 4.78 is 11.0. The van der Waals surface area contributed by atoms with Crippen LogP contribution in [0.15, 0.2) is 12.1 Å². The van der Waals surface area contributed by atoms with Gasteiger partial charge in [0.1, 0.15) is 11.9 Å². The highest BCUT2D eigenvalue weighted by Gasteiger charge is 2.33. The summed E-state index contributed by atoms with van der Waals surface area (Å²) in [4.78, 5) is 14.8. The zero-order valence-electron chi connectivity index (χ0n) is 12.5. The summed E-state index contributed by atoms with van der Waals surface area (Å²) in [6.07, 6.45) is 2.36. The first-order valence-corrected chi connectivity index (χ1v) is 7.76. The molecule has 0 aromatic heterocycles. The van der Waals surface area contributed by atoms with Crippen molar-refractivity contribution in [3.8, 4) is 5.75 Å². The smallest absolute Gasteiger partial charge is 0.256 e. The van der Waals surface area contributed by atoms with Gasteiger partial charge in [-0.3, -0.25) is 9.69 Å². The second kappa shape index (κ2) is 6.32. The molecule has 2 saturated heterocycles. The van der Waals surface area contributed by atoms with E-state index >= 15 is 0 Å². The molecule has 2 fully saturated rings. The average Bonchev–Trinajstić information content (AvgIpc) is 2.52. The van der Waals surface area contributed by atoms with E-state index in [1.807, 2.05) is 0 Å². The molecule has 7 heteroatoms. The maximum Gasteiger partial charge on any atom is 0.256 e. The molecule has 6 nitrogen and oxygen atoms in total. The molecule has 22 heavy (non-hydrogen) atoms. The first-order valence-electron chi connectivity index (χ1n) is 7.38. The Morgan fingerprint density at radius 1 is 1.55 bits per heavy atom. The molecule has 3 atom stereocenters. The number of morpholine rings is 1. The number of nitrogen functional groups attached to an aromatic ring is 1. The van der Waals surface area contributed by atoms with Crippen LogP contribution in [0.3, 0.4) is 0 Å². The molecule has 3 unspecified atom stereocenters. The molecule has 0 aliphatic carbocycles. The van der Waals surface area contributed by atoms with Crippen molar-refractivity contribution in [3.05, 3.63) is 22.7 Å². The predicted molar refractivity (Wildman–Crippen MR) is 84.2 cm³/mol. The largest absolute Gasteiger partial charge is 0.496 e. The summed E-state index contributed by atoms with van der Waals surface area (Å²) in [6, 6.07) is 3.10. The first kappa shape index (κ1) is 15.4. The lowest BCUT2D eigenvalue weighted by atomic mass is 10.1. The highest BCUT2D eigenvalue weighted by molar-refractivity contribution is 6.33. The Balaban J connectivity index is 1.75. The molecule has 2 bridgehead atoms. The topological polar surface area (TPSA) is 76.8 Å². The molecule has 2 heterocycles. The normalized spacial score (nSPS) is 27.3. The van der Waals surface area contributed by atoms with Gasteiger partial charge in [0.15, 0.2) is 0 Å². The van der Waals surface area contributed by atoms with Crippen molar-refractivity contribution < 1.29 is 14.3 Å². The van der Waals surface area contributed by atoms with Gasteiger partial charge in [0.05, 0.1) is 36.1 Å². The number of amides is 1. The molecule has 1 aromatic rings. The predicted octanol–water partition coefficient (Wildman–Crippen LogP) is 1.48. The SMILES string of the molecule is COc1cc(N)c(Cl)cc1C(=O)NC1COC2CCCN1C2. The number of halogens is 1. The van der Waals surface area contributed by atoms with Crippen LogP contribution in [0.1, 0.15) is 23.2 Å². The van der Waals surface area contributed by atoms with Gasteiger partial charge in [-0.2, -0.15) is 0 Å². The zero-order valence-corrected chi connectivity index (χ0v) is 13.2. The van der Waals surface area contributed by atoms with Crippen LogP contribution in [-0.4, -0.2) is 49.9 Å². The van der Waals surface area contributed by atoms with E-state index in [-0.39, 0.29) is 12.1 Å². The van der Waals surface area contributed by atoms with E-state index in [1.165, 1.54) is 13.2 Å². The third-order valence-corrected chi connectivity index (χ3v) is 4.53. The summed E-state index contributed by atoms with van der Waals surface area (Å²) in [5, 5.41) is 3.33. The van der Waals surface area contributed by atoms with Gasteiger partial charge in [0, 0.05) is 19.2 Å². The number of methoxy groups -OCH3 is 1. The van der Waals surface area contributed by atoms with Crippen molar-refractivity contribution in [2.75, 3.05) is 32.5 Å². The minimum atomic E-state index is -0.239. The zero-order chi connectivity index (χ0) is 15.7. The highest BCUT2D eigenvalue weighted by Crippen LogP contribution is 2.29. The molecule has 120 valence electrons. The van der Waals surface area contributed by atoms with Gasteiger partial charge in [0.2, 0.25) is 0 Å². The molecular formula is C15H20ClN3O3. The Bertz CT molecular complexity index is 581. The number of nitrogens with zero attached hydrogens (tertiary/aromatic N) is 1. The van der Waals surface area contributed by atoms with Gasteiger partial charge < -0.3 is 20.5 Å². The molecule has 3 N–H and O–H groups in total. The van der Waals surface area contributed by atoms with Gasteiger partial charge in [-0.25, -0.2) is 0 Å². The average molecular weight is 326 g/mol. The van der Waals surface area contributed by atoms with Gasteiger partial charge in [-0.05, 0) is 18.9 Å². The summed E-state index contributed by atoms with van der Waals surface area (Å²) in [7, 11) is 1.50. The Morgan fingerprint density at radius 2 is 2.36 bits per heavy atom. The number of carbonyl (C=O) groups is 1. The van der Waals surface area contributed by atoms with Crippen molar-refractivity contribution in [2.45, 2.75) is 25.1 Å². The second-order valence-electron chi connectivity index (χ2n) is 5.66. The number of benzene rings is 1. The third kappa shape index (κ3) is 2.99. The maximum atomic E-state index is 12.5. The Hall–Kier alpha value is -1.50. The van der Waals surface area contributed by atoms with Crippen molar-refractivity contribution in [1.29, 1.82) is 0 Å². The molecule has 2 aliphatic rings. The lowest BCUT2D eigenvalue weighted by Crippen LogP contribution is -2.59. The Labute approximate surface area is 134 Å². The number of carbonyl (C=O) groups excluding carboxylic acids is 1. The van der Waals surface area contributed by atoms with Gasteiger partial charge in [0.25, 0.3) is 5.91 Å². The van der Waals surface area contributed by atoms with Gasteiger partial charge in [-0.15, -0.1) is 0 Å². The molecule has 2 aliphatic heterocycles.